The molecule has 0 saturated carbocycles. The van der Waals surface area contributed by atoms with Crippen molar-refractivity contribution in [2.75, 3.05) is 13.1 Å². The number of ether oxygens (including phenoxy) is 1. The molecule has 0 atom stereocenters. The number of hydrogen-bond acceptors (Lipinski definition) is 3. The van der Waals surface area contributed by atoms with Gasteiger partial charge >= 0.3 is 6.09 Å². The molecule has 5 nitrogen and oxygen atoms in total. The molecule has 84 valence electrons. The Kier molecular flexibility index (Phi) is 5.82. The summed E-state index contributed by atoms with van der Waals surface area (Å²) in [7, 11) is 5.07. The van der Waals surface area contributed by atoms with Crippen molar-refractivity contribution in [3.63, 3.8) is 0 Å². The third-order valence-electron chi connectivity index (χ3n) is 1.30. The second-order valence-corrected chi connectivity index (χ2v) is 3.98. The summed E-state index contributed by atoms with van der Waals surface area (Å²) in [5, 5.41) is 5.02. The molecule has 15 heavy (non-hydrogen) atoms. The van der Waals surface area contributed by atoms with E-state index >= 15 is 0 Å². The van der Waals surface area contributed by atoms with Crippen molar-refractivity contribution in [2.45, 2.75) is 32.7 Å². The number of hydrogen-bond donors (Lipinski definition) is 2. The molecule has 0 fully saturated rings. The number of amides is 2. The molecule has 0 heterocycles. The van der Waals surface area contributed by atoms with E-state index in [1.165, 1.54) is 0 Å². The minimum Gasteiger partial charge on any atom is -0.444 e. The van der Waals surface area contributed by atoms with Crippen LogP contribution in [0.25, 0.3) is 0 Å². The summed E-state index contributed by atoms with van der Waals surface area (Å²) in [5.74, 6) is -0.249. The van der Waals surface area contributed by atoms with E-state index in [0.29, 0.717) is 13.1 Å². The molecule has 0 aromatic carbocycles. The molecule has 0 bridgehead atoms. The molecule has 0 aliphatic heterocycles. The fraction of sp³-hybridized carbons (Fsp3) is 0.778. The van der Waals surface area contributed by atoms with Gasteiger partial charge in [0.2, 0.25) is 5.91 Å². The molecule has 0 aromatic heterocycles. The van der Waals surface area contributed by atoms with Crippen LogP contribution in [0.3, 0.4) is 0 Å². The average Bonchev–Trinajstić information content (AvgIpc) is 2.09. The van der Waals surface area contributed by atoms with Crippen molar-refractivity contribution in [1.29, 1.82) is 0 Å². The van der Waals surface area contributed by atoms with Gasteiger partial charge in [-0.05, 0) is 27.1 Å². The van der Waals surface area contributed by atoms with Gasteiger partial charge in [-0.1, -0.05) is 0 Å². The van der Waals surface area contributed by atoms with Gasteiger partial charge in [0.15, 0.2) is 0 Å². The lowest BCUT2D eigenvalue weighted by Gasteiger charge is -2.19. The van der Waals surface area contributed by atoms with Crippen molar-refractivity contribution >= 4 is 19.8 Å². The van der Waals surface area contributed by atoms with Crippen LogP contribution in [-0.4, -0.2) is 38.5 Å². The molecule has 0 spiro atoms. The monoisotopic (exact) mass is 212 g/mol. The van der Waals surface area contributed by atoms with Crippen LogP contribution in [0.2, 0.25) is 6.32 Å². The van der Waals surface area contributed by atoms with Crippen LogP contribution in [0.1, 0.15) is 20.8 Å². The van der Waals surface area contributed by atoms with Crippen molar-refractivity contribution in [3.05, 3.63) is 0 Å². The molecule has 2 N–H and O–H groups in total. The molecular weight excluding hydrogens is 195 g/mol. The molecule has 0 aromatic rings. The number of carbonyl (C=O) groups is 2. The molecular formula is C9H17BN2O3. The lowest BCUT2D eigenvalue weighted by Crippen LogP contribution is -2.37. The van der Waals surface area contributed by atoms with Crippen LogP contribution < -0.4 is 10.6 Å². The molecule has 2 amide bonds. The normalized spacial score (nSPS) is 10.6. The quantitative estimate of drug-likeness (QED) is 0.517. The summed E-state index contributed by atoms with van der Waals surface area (Å²) in [4.78, 5) is 21.8. The standard InChI is InChI=1S/C9H17BN2O3/c1-9(2,3)15-8(14)12-5-4-11-7(13)6-10/h4-6H2,1-3H3,(H,11,13)(H,12,14). The lowest BCUT2D eigenvalue weighted by molar-refractivity contribution is -0.118. The molecule has 6 heteroatoms. The summed E-state index contributed by atoms with van der Waals surface area (Å²) in [6.07, 6.45) is -0.545. The van der Waals surface area contributed by atoms with Crippen molar-refractivity contribution in [1.82, 2.24) is 10.6 Å². The van der Waals surface area contributed by atoms with E-state index in [1.54, 1.807) is 20.8 Å². The predicted molar refractivity (Wildman–Crippen MR) is 57.8 cm³/mol. The van der Waals surface area contributed by atoms with Crippen LogP contribution in [-0.2, 0) is 9.53 Å². The van der Waals surface area contributed by atoms with E-state index in [4.69, 9.17) is 12.6 Å². The van der Waals surface area contributed by atoms with E-state index in [9.17, 15) is 9.59 Å². The number of nitrogens with one attached hydrogen (secondary N) is 2. The first kappa shape index (κ1) is 13.8. The molecule has 0 unspecified atom stereocenters. The highest BCUT2D eigenvalue weighted by Crippen LogP contribution is 2.05. The summed E-state index contributed by atoms with van der Waals surface area (Å²) in [5.41, 5.74) is -0.509. The second-order valence-electron chi connectivity index (χ2n) is 3.98. The Morgan fingerprint density at radius 3 is 2.20 bits per heavy atom. The highest BCUT2D eigenvalue weighted by molar-refractivity contribution is 6.19. The van der Waals surface area contributed by atoms with Crippen LogP contribution in [0, 0.1) is 0 Å². The van der Waals surface area contributed by atoms with Crippen LogP contribution in [0.5, 0.6) is 0 Å². The Hall–Kier alpha value is -1.20. The SMILES string of the molecule is [B]CC(=O)NCCNC(=O)OC(C)(C)C. The number of carbonyl (C=O) groups excluding carboxylic acids is 2. The first-order chi connectivity index (χ1) is 6.85. The molecule has 0 aliphatic carbocycles. The van der Waals surface area contributed by atoms with E-state index in [0.717, 1.165) is 0 Å². The van der Waals surface area contributed by atoms with Crippen LogP contribution in [0.15, 0.2) is 0 Å². The van der Waals surface area contributed by atoms with Crippen molar-refractivity contribution in [3.8, 4) is 0 Å². The van der Waals surface area contributed by atoms with E-state index in [-0.39, 0.29) is 12.2 Å². The van der Waals surface area contributed by atoms with Gasteiger partial charge in [-0.15, -0.1) is 0 Å². The van der Waals surface area contributed by atoms with E-state index in [2.05, 4.69) is 10.6 Å². The Morgan fingerprint density at radius 2 is 1.73 bits per heavy atom. The van der Waals surface area contributed by atoms with Gasteiger partial charge < -0.3 is 15.4 Å². The fourth-order valence-electron chi connectivity index (χ4n) is 0.753. The van der Waals surface area contributed by atoms with E-state index in [1.807, 2.05) is 0 Å². The van der Waals surface area contributed by atoms with Crippen molar-refractivity contribution < 1.29 is 14.3 Å². The summed E-state index contributed by atoms with van der Waals surface area (Å²) >= 11 is 0. The maximum Gasteiger partial charge on any atom is 0.407 e. The van der Waals surface area contributed by atoms with Gasteiger partial charge in [0, 0.05) is 13.1 Å². The third-order valence-corrected chi connectivity index (χ3v) is 1.30. The van der Waals surface area contributed by atoms with Gasteiger partial charge in [-0.25, -0.2) is 4.79 Å². The minimum absolute atomic E-state index is 0.0492. The zero-order valence-corrected chi connectivity index (χ0v) is 9.42. The summed E-state index contributed by atoms with van der Waals surface area (Å²) in [6.45, 7) is 6.00. The largest absolute Gasteiger partial charge is 0.444 e. The first-order valence-corrected chi connectivity index (χ1v) is 4.79. The number of rotatable bonds is 4. The zero-order chi connectivity index (χ0) is 11.9. The maximum atomic E-state index is 11.1. The van der Waals surface area contributed by atoms with Gasteiger partial charge in [-0.3, -0.25) is 4.79 Å². The molecule has 2 radical (unpaired) electrons. The van der Waals surface area contributed by atoms with E-state index < -0.39 is 11.7 Å². The fourth-order valence-corrected chi connectivity index (χ4v) is 0.753. The van der Waals surface area contributed by atoms with Gasteiger partial charge in [0.25, 0.3) is 0 Å². The Morgan fingerprint density at radius 1 is 1.20 bits per heavy atom. The van der Waals surface area contributed by atoms with Gasteiger partial charge in [0.05, 0.1) is 7.85 Å². The minimum atomic E-state index is -0.509. The summed E-state index contributed by atoms with van der Waals surface area (Å²) in [6, 6.07) is 0. The van der Waals surface area contributed by atoms with Gasteiger partial charge in [-0.2, -0.15) is 0 Å². The van der Waals surface area contributed by atoms with Crippen LogP contribution >= 0.6 is 0 Å². The van der Waals surface area contributed by atoms with Gasteiger partial charge in [0.1, 0.15) is 5.60 Å². The average molecular weight is 212 g/mol. The Bertz CT molecular complexity index is 226. The third kappa shape index (κ3) is 9.12. The first-order valence-electron chi connectivity index (χ1n) is 4.79. The lowest BCUT2D eigenvalue weighted by atomic mass is 10.1. The summed E-state index contributed by atoms with van der Waals surface area (Å²) < 4.78 is 4.98. The number of alkyl carbamates (subject to hydrolysis) is 1. The van der Waals surface area contributed by atoms with Crippen LogP contribution in [0.4, 0.5) is 4.79 Å². The van der Waals surface area contributed by atoms with Crippen molar-refractivity contribution in [2.24, 2.45) is 0 Å². The molecule has 0 rings (SSSR count). The topological polar surface area (TPSA) is 67.4 Å². The molecule has 0 saturated heterocycles. The Labute approximate surface area is 91.3 Å². The highest BCUT2D eigenvalue weighted by Gasteiger charge is 2.15. The Balaban J connectivity index is 3.52. The zero-order valence-electron chi connectivity index (χ0n) is 9.42. The predicted octanol–water partition coefficient (Wildman–Crippen LogP) is 0.214. The molecule has 0 aliphatic rings. The highest BCUT2D eigenvalue weighted by atomic mass is 16.6. The second kappa shape index (κ2) is 6.32. The maximum absolute atomic E-state index is 11.1. The smallest absolute Gasteiger partial charge is 0.407 e.